The molecule has 2 rings (SSSR count). The Morgan fingerprint density at radius 2 is 1.85 bits per heavy atom. The third-order valence-corrected chi connectivity index (χ3v) is 3.93. The number of ether oxygens (including phenoxy) is 2. The lowest BCUT2D eigenvalue weighted by Gasteiger charge is -2.10. The Hall–Kier alpha value is -1.18. The molecular weight excluding hydrogens is 390 g/mol. The maximum atomic E-state index is 5.67. The first-order valence-electron chi connectivity index (χ1n) is 5.78. The third kappa shape index (κ3) is 3.28. The highest BCUT2D eigenvalue weighted by Gasteiger charge is 2.11. The molecule has 5 nitrogen and oxygen atoms in total. The molecule has 0 atom stereocenters. The maximum Gasteiger partial charge on any atom is 0.322 e. The molecular formula is C13H13Br2N3O2. The molecule has 0 saturated heterocycles. The molecule has 0 aliphatic rings. The van der Waals surface area contributed by atoms with E-state index in [0.717, 1.165) is 20.2 Å². The normalized spacial score (nSPS) is 10.4. The van der Waals surface area contributed by atoms with Gasteiger partial charge in [0.25, 0.3) is 0 Å². The lowest BCUT2D eigenvalue weighted by atomic mass is 10.2. The van der Waals surface area contributed by atoms with Crippen molar-refractivity contribution in [3.8, 4) is 17.5 Å². The zero-order valence-corrected chi connectivity index (χ0v) is 14.2. The Labute approximate surface area is 133 Å². The third-order valence-electron chi connectivity index (χ3n) is 2.69. The molecule has 106 valence electrons. The van der Waals surface area contributed by atoms with Gasteiger partial charge in [-0.25, -0.2) is 4.98 Å². The number of benzene rings is 1. The smallest absolute Gasteiger partial charge is 0.322 e. The summed E-state index contributed by atoms with van der Waals surface area (Å²) in [7, 11) is 1.60. The monoisotopic (exact) mass is 401 g/mol. The van der Waals surface area contributed by atoms with Crippen molar-refractivity contribution >= 4 is 31.9 Å². The molecule has 0 radical (unpaired) electrons. The summed E-state index contributed by atoms with van der Waals surface area (Å²) in [5.41, 5.74) is 7.28. The molecule has 0 unspecified atom stereocenters. The van der Waals surface area contributed by atoms with Gasteiger partial charge in [0.15, 0.2) is 0 Å². The first kappa shape index (κ1) is 15.2. The minimum atomic E-state index is 0.275. The first-order valence-corrected chi connectivity index (χ1v) is 7.37. The number of halogens is 2. The Bertz CT molecular complexity index is 635. The number of nitrogens with two attached hydrogens (primary N) is 1. The van der Waals surface area contributed by atoms with Crippen molar-refractivity contribution in [1.82, 2.24) is 9.97 Å². The predicted octanol–water partition coefficient (Wildman–Crippen LogP) is 3.57. The van der Waals surface area contributed by atoms with E-state index in [1.54, 1.807) is 25.4 Å². The molecule has 20 heavy (non-hydrogen) atoms. The molecule has 0 aliphatic heterocycles. The summed E-state index contributed by atoms with van der Waals surface area (Å²) in [6.07, 6.45) is 1.67. The average molecular weight is 403 g/mol. The summed E-state index contributed by atoms with van der Waals surface area (Å²) < 4.78 is 12.4. The van der Waals surface area contributed by atoms with Gasteiger partial charge in [-0.1, -0.05) is 0 Å². The van der Waals surface area contributed by atoms with Gasteiger partial charge in [0.2, 0.25) is 0 Å². The van der Waals surface area contributed by atoms with Crippen molar-refractivity contribution in [2.75, 3.05) is 7.11 Å². The molecule has 0 spiro atoms. The van der Waals surface area contributed by atoms with Crippen LogP contribution >= 0.6 is 31.9 Å². The van der Waals surface area contributed by atoms with E-state index in [9.17, 15) is 0 Å². The van der Waals surface area contributed by atoms with Gasteiger partial charge < -0.3 is 15.2 Å². The zero-order valence-electron chi connectivity index (χ0n) is 11.0. The molecule has 0 fully saturated rings. The summed E-state index contributed by atoms with van der Waals surface area (Å²) >= 11 is 6.83. The van der Waals surface area contributed by atoms with Crippen LogP contribution in [0, 0.1) is 6.92 Å². The van der Waals surface area contributed by atoms with Crippen LogP contribution in [0.3, 0.4) is 0 Å². The highest BCUT2D eigenvalue weighted by Crippen LogP contribution is 2.37. The van der Waals surface area contributed by atoms with Crippen LogP contribution in [-0.4, -0.2) is 17.1 Å². The molecule has 0 saturated carbocycles. The van der Waals surface area contributed by atoms with Crippen LogP contribution < -0.4 is 15.2 Å². The van der Waals surface area contributed by atoms with Crippen molar-refractivity contribution in [2.45, 2.75) is 13.5 Å². The second-order valence-electron chi connectivity index (χ2n) is 3.99. The van der Waals surface area contributed by atoms with E-state index in [1.807, 2.05) is 6.92 Å². The molecule has 0 amide bonds. The quantitative estimate of drug-likeness (QED) is 0.846. The van der Waals surface area contributed by atoms with Crippen LogP contribution in [0.5, 0.6) is 17.5 Å². The second-order valence-corrected chi connectivity index (χ2v) is 5.70. The highest BCUT2D eigenvalue weighted by molar-refractivity contribution is 9.11. The van der Waals surface area contributed by atoms with E-state index in [4.69, 9.17) is 15.2 Å². The van der Waals surface area contributed by atoms with E-state index in [2.05, 4.69) is 41.8 Å². The van der Waals surface area contributed by atoms with Gasteiger partial charge in [-0.15, -0.1) is 0 Å². The number of aryl methyl sites for hydroxylation is 1. The molecule has 7 heteroatoms. The fourth-order valence-electron chi connectivity index (χ4n) is 1.56. The van der Waals surface area contributed by atoms with E-state index < -0.39 is 0 Å². The van der Waals surface area contributed by atoms with Crippen LogP contribution in [0.15, 0.2) is 27.3 Å². The predicted molar refractivity (Wildman–Crippen MR) is 83.1 cm³/mol. The number of aromatic nitrogens is 2. The van der Waals surface area contributed by atoms with Gasteiger partial charge in [-0.05, 0) is 44.8 Å². The standard InChI is InChI=1S/C13H13Br2N3O2/c1-7-8(5-16)6-17-13(18-7)20-12-4-9(14)11(19-2)3-10(12)15/h3-4,6H,5,16H2,1-2H3. The first-order chi connectivity index (χ1) is 9.55. The van der Waals surface area contributed by atoms with Gasteiger partial charge >= 0.3 is 6.01 Å². The van der Waals surface area contributed by atoms with E-state index in [0.29, 0.717) is 18.0 Å². The fraction of sp³-hybridized carbons (Fsp3) is 0.231. The minimum Gasteiger partial charge on any atom is -0.496 e. The highest BCUT2D eigenvalue weighted by atomic mass is 79.9. The van der Waals surface area contributed by atoms with Crippen LogP contribution in [0.4, 0.5) is 0 Å². The SMILES string of the molecule is COc1cc(Br)c(Oc2ncc(CN)c(C)n2)cc1Br. The van der Waals surface area contributed by atoms with Gasteiger partial charge in [-0.2, -0.15) is 4.98 Å². The number of nitrogens with zero attached hydrogens (tertiary/aromatic N) is 2. The molecule has 1 aromatic heterocycles. The zero-order chi connectivity index (χ0) is 14.7. The average Bonchev–Trinajstić information content (AvgIpc) is 2.42. The lowest BCUT2D eigenvalue weighted by Crippen LogP contribution is -2.03. The fourth-order valence-corrected chi connectivity index (χ4v) is 2.45. The summed E-state index contributed by atoms with van der Waals surface area (Å²) in [4.78, 5) is 8.41. The number of hydrogen-bond acceptors (Lipinski definition) is 5. The summed E-state index contributed by atoms with van der Waals surface area (Å²) in [6.45, 7) is 2.28. The molecule has 1 aromatic carbocycles. The van der Waals surface area contributed by atoms with Crippen LogP contribution in [0.2, 0.25) is 0 Å². The van der Waals surface area contributed by atoms with Crippen LogP contribution in [0.25, 0.3) is 0 Å². The Morgan fingerprint density at radius 3 is 2.45 bits per heavy atom. The van der Waals surface area contributed by atoms with Crippen LogP contribution in [-0.2, 0) is 6.54 Å². The molecule has 0 bridgehead atoms. The molecule has 2 N–H and O–H groups in total. The van der Waals surface area contributed by atoms with E-state index in [-0.39, 0.29) is 6.01 Å². The molecule has 2 aromatic rings. The van der Waals surface area contributed by atoms with Gasteiger partial charge in [-0.3, -0.25) is 0 Å². The molecule has 1 heterocycles. The Kier molecular flexibility index (Phi) is 4.95. The van der Waals surface area contributed by atoms with Crippen molar-refractivity contribution in [3.05, 3.63) is 38.5 Å². The second kappa shape index (κ2) is 6.51. The topological polar surface area (TPSA) is 70.3 Å². The number of methoxy groups -OCH3 is 1. The number of hydrogen-bond donors (Lipinski definition) is 1. The largest absolute Gasteiger partial charge is 0.496 e. The summed E-state index contributed by atoms with van der Waals surface area (Å²) in [6, 6.07) is 3.87. The van der Waals surface area contributed by atoms with Gasteiger partial charge in [0.05, 0.1) is 16.1 Å². The van der Waals surface area contributed by atoms with Gasteiger partial charge in [0.1, 0.15) is 11.5 Å². The summed E-state index contributed by atoms with van der Waals surface area (Å²) in [5.74, 6) is 1.30. The van der Waals surface area contributed by atoms with E-state index in [1.165, 1.54) is 0 Å². The van der Waals surface area contributed by atoms with Crippen LogP contribution in [0.1, 0.15) is 11.3 Å². The van der Waals surface area contributed by atoms with Crippen molar-refractivity contribution in [3.63, 3.8) is 0 Å². The Morgan fingerprint density at radius 1 is 1.20 bits per heavy atom. The lowest BCUT2D eigenvalue weighted by molar-refractivity contribution is 0.406. The summed E-state index contributed by atoms with van der Waals surface area (Å²) in [5, 5.41) is 0. The Balaban J connectivity index is 2.30. The van der Waals surface area contributed by atoms with Crippen molar-refractivity contribution in [1.29, 1.82) is 0 Å². The molecule has 0 aliphatic carbocycles. The number of rotatable bonds is 4. The van der Waals surface area contributed by atoms with Crippen molar-refractivity contribution in [2.24, 2.45) is 5.73 Å². The van der Waals surface area contributed by atoms with E-state index >= 15 is 0 Å². The minimum absolute atomic E-state index is 0.275. The van der Waals surface area contributed by atoms with Crippen molar-refractivity contribution < 1.29 is 9.47 Å². The maximum absolute atomic E-state index is 5.67. The van der Waals surface area contributed by atoms with Gasteiger partial charge in [0, 0.05) is 30.1 Å².